The second-order valence-electron chi connectivity index (χ2n) is 5.55. The highest BCUT2D eigenvalue weighted by atomic mass is 32.2. The molecule has 0 aliphatic heterocycles. The molecule has 3 aromatic heterocycles. The molecule has 0 radical (unpaired) electrons. The first-order valence-electron chi connectivity index (χ1n) is 8.07. The largest absolute Gasteiger partial charge is 0.861 e. The zero-order valence-electron chi connectivity index (χ0n) is 14.3. The van der Waals surface area contributed by atoms with E-state index in [-0.39, 0.29) is 17.5 Å². The molecule has 10 nitrogen and oxygen atoms in total. The van der Waals surface area contributed by atoms with Crippen LogP contribution in [0.1, 0.15) is 0 Å². The Morgan fingerprint density at radius 2 is 2.26 bits per heavy atom. The Hall–Kier alpha value is -3.05. The van der Waals surface area contributed by atoms with Crippen molar-refractivity contribution in [1.82, 2.24) is 25.4 Å². The van der Waals surface area contributed by atoms with Gasteiger partial charge in [0.2, 0.25) is 17.0 Å². The van der Waals surface area contributed by atoms with E-state index in [1.807, 2.05) is 24.3 Å². The zero-order chi connectivity index (χ0) is 18.6. The minimum Gasteiger partial charge on any atom is -0.861 e. The lowest BCUT2D eigenvalue weighted by Crippen LogP contribution is -2.36. The molecule has 0 saturated heterocycles. The molecule has 27 heavy (non-hydrogen) atoms. The summed E-state index contributed by atoms with van der Waals surface area (Å²) in [5, 5.41) is 25.4. The summed E-state index contributed by atoms with van der Waals surface area (Å²) in [5.41, 5.74) is 2.27. The van der Waals surface area contributed by atoms with Crippen LogP contribution in [0.15, 0.2) is 45.1 Å². The number of fused-ring (bicyclic) bond motifs is 3. The smallest absolute Gasteiger partial charge is 0.320 e. The van der Waals surface area contributed by atoms with E-state index in [2.05, 4.69) is 30.4 Å². The van der Waals surface area contributed by atoms with Gasteiger partial charge in [-0.2, -0.15) is 0 Å². The highest BCUT2D eigenvalue weighted by Crippen LogP contribution is 2.23. The SMILES string of the molecule is COCC[n+]1cc(/N=C(/[O-])CSc2nnc3c(n2)[nH]c2ccccc23)on1. The second kappa shape index (κ2) is 7.68. The molecule has 3 heterocycles. The lowest BCUT2D eigenvalue weighted by Gasteiger charge is -2.06. The molecule has 4 rings (SSSR count). The van der Waals surface area contributed by atoms with Gasteiger partial charge in [-0.05, 0) is 16.6 Å². The fourth-order valence-electron chi connectivity index (χ4n) is 2.46. The first-order valence-corrected chi connectivity index (χ1v) is 9.05. The number of benzene rings is 1. The van der Waals surface area contributed by atoms with Gasteiger partial charge in [0.1, 0.15) is 12.1 Å². The van der Waals surface area contributed by atoms with E-state index in [0.717, 1.165) is 22.7 Å². The van der Waals surface area contributed by atoms with Crippen LogP contribution in [-0.4, -0.2) is 50.8 Å². The van der Waals surface area contributed by atoms with Crippen LogP contribution in [-0.2, 0) is 11.3 Å². The summed E-state index contributed by atoms with van der Waals surface area (Å²) in [6.45, 7) is 1.00. The molecular weight excluding hydrogens is 370 g/mol. The lowest BCUT2D eigenvalue weighted by molar-refractivity contribution is -0.763. The van der Waals surface area contributed by atoms with Crippen molar-refractivity contribution in [2.75, 3.05) is 19.5 Å². The Kier molecular flexibility index (Phi) is 4.94. The summed E-state index contributed by atoms with van der Waals surface area (Å²) in [4.78, 5) is 11.5. The number of para-hydroxylation sites is 1. The third-order valence-corrected chi connectivity index (χ3v) is 4.51. The van der Waals surface area contributed by atoms with Gasteiger partial charge in [0.15, 0.2) is 5.65 Å². The molecule has 0 aliphatic rings. The van der Waals surface area contributed by atoms with E-state index in [0.29, 0.717) is 29.5 Å². The molecule has 0 bridgehead atoms. The monoisotopic (exact) mass is 385 g/mol. The van der Waals surface area contributed by atoms with Crippen molar-refractivity contribution in [3.8, 4) is 0 Å². The fraction of sp³-hybridized carbons (Fsp3) is 0.250. The summed E-state index contributed by atoms with van der Waals surface area (Å²) in [7, 11) is 1.59. The highest BCUT2D eigenvalue weighted by molar-refractivity contribution is 7.99. The van der Waals surface area contributed by atoms with Crippen molar-refractivity contribution in [3.63, 3.8) is 0 Å². The number of nitrogens with one attached hydrogen (secondary N) is 1. The number of thioether (sulfide) groups is 1. The molecule has 0 unspecified atom stereocenters. The quantitative estimate of drug-likeness (QED) is 0.212. The van der Waals surface area contributed by atoms with E-state index >= 15 is 0 Å². The number of aromatic amines is 1. The molecule has 1 N–H and O–H groups in total. The molecular formula is C16H15N7O3S. The molecule has 138 valence electrons. The maximum absolute atomic E-state index is 12.0. The predicted molar refractivity (Wildman–Crippen MR) is 95.6 cm³/mol. The Bertz CT molecular complexity index is 1110. The van der Waals surface area contributed by atoms with Gasteiger partial charge in [-0.25, -0.2) is 9.98 Å². The van der Waals surface area contributed by atoms with Crippen LogP contribution in [0.2, 0.25) is 0 Å². The van der Waals surface area contributed by atoms with Gasteiger partial charge in [-0.3, -0.25) is 4.52 Å². The summed E-state index contributed by atoms with van der Waals surface area (Å²) in [5.74, 6) is -0.177. The van der Waals surface area contributed by atoms with Crippen molar-refractivity contribution in [1.29, 1.82) is 0 Å². The summed E-state index contributed by atoms with van der Waals surface area (Å²) in [6, 6.07) is 7.77. The normalized spacial score (nSPS) is 12.3. The van der Waals surface area contributed by atoms with Crippen LogP contribution in [0.25, 0.3) is 22.1 Å². The van der Waals surface area contributed by atoms with Crippen molar-refractivity contribution in [3.05, 3.63) is 30.5 Å². The molecule has 0 saturated carbocycles. The number of ether oxygens (including phenoxy) is 1. The minimum atomic E-state index is -0.379. The van der Waals surface area contributed by atoms with Gasteiger partial charge in [-0.15, -0.1) is 10.2 Å². The standard InChI is InChI=1S/C16H15N7O3S/c1-25-7-6-23-8-13(26-22-23)18-12(24)9-27-16-19-15-14(20-21-16)10-4-2-3-5-11(10)17-15/h2-5,8H,6-7,9H2,1H3,(H-,17,18,19,20,21,22,24). The number of H-pyrrole nitrogens is 1. The van der Waals surface area contributed by atoms with Gasteiger partial charge < -0.3 is 14.8 Å². The van der Waals surface area contributed by atoms with Crippen molar-refractivity contribution in [2.24, 2.45) is 4.99 Å². The Morgan fingerprint density at radius 3 is 3.15 bits per heavy atom. The summed E-state index contributed by atoms with van der Waals surface area (Å²) < 4.78 is 11.4. The Morgan fingerprint density at radius 1 is 1.37 bits per heavy atom. The van der Waals surface area contributed by atoms with Crippen molar-refractivity contribution in [2.45, 2.75) is 11.7 Å². The fourth-order valence-corrected chi connectivity index (χ4v) is 3.03. The Labute approximate surface area is 157 Å². The molecule has 0 amide bonds. The van der Waals surface area contributed by atoms with Crippen LogP contribution in [0.5, 0.6) is 0 Å². The van der Waals surface area contributed by atoms with E-state index in [1.165, 1.54) is 10.9 Å². The number of hydrogen-bond acceptors (Lipinski definition) is 9. The van der Waals surface area contributed by atoms with Gasteiger partial charge in [0.25, 0.3) is 6.20 Å². The van der Waals surface area contributed by atoms with Gasteiger partial charge >= 0.3 is 5.88 Å². The van der Waals surface area contributed by atoms with E-state index in [9.17, 15) is 5.11 Å². The predicted octanol–water partition coefficient (Wildman–Crippen LogP) is 0.611. The second-order valence-corrected chi connectivity index (χ2v) is 6.50. The first-order chi connectivity index (χ1) is 13.2. The average Bonchev–Trinajstić information content (AvgIpc) is 3.28. The molecule has 0 aliphatic carbocycles. The number of methoxy groups -OCH3 is 1. The average molecular weight is 385 g/mol. The van der Waals surface area contributed by atoms with E-state index in [4.69, 9.17) is 9.26 Å². The van der Waals surface area contributed by atoms with Crippen LogP contribution in [0.3, 0.4) is 0 Å². The number of aromatic nitrogens is 6. The van der Waals surface area contributed by atoms with Crippen LogP contribution in [0, 0.1) is 0 Å². The number of aliphatic imine (C=N–C) groups is 1. The Balaban J connectivity index is 1.44. The van der Waals surface area contributed by atoms with Crippen molar-refractivity contribution < 1.29 is 19.0 Å². The maximum atomic E-state index is 12.0. The molecule has 0 fully saturated rings. The number of hydrogen-bond donors (Lipinski definition) is 1. The van der Waals surface area contributed by atoms with Crippen LogP contribution >= 0.6 is 11.8 Å². The molecule has 4 aromatic rings. The molecule has 0 spiro atoms. The van der Waals surface area contributed by atoms with E-state index < -0.39 is 0 Å². The van der Waals surface area contributed by atoms with Gasteiger partial charge in [-0.1, -0.05) is 30.0 Å². The van der Waals surface area contributed by atoms with Crippen LogP contribution in [0.4, 0.5) is 5.88 Å². The maximum Gasteiger partial charge on any atom is 0.320 e. The van der Waals surface area contributed by atoms with Crippen LogP contribution < -0.4 is 9.79 Å². The number of rotatable bonds is 7. The third kappa shape index (κ3) is 3.88. The molecule has 1 aromatic carbocycles. The zero-order valence-corrected chi connectivity index (χ0v) is 15.1. The summed E-state index contributed by atoms with van der Waals surface area (Å²) >= 11 is 1.16. The van der Waals surface area contributed by atoms with Crippen molar-refractivity contribution >= 4 is 45.6 Å². The molecule has 0 atom stereocenters. The molecule has 11 heteroatoms. The van der Waals surface area contributed by atoms with Gasteiger partial charge in [0.05, 0.1) is 0 Å². The summed E-state index contributed by atoms with van der Waals surface area (Å²) in [6.07, 6.45) is 1.54. The first kappa shape index (κ1) is 17.4. The lowest BCUT2D eigenvalue weighted by atomic mass is 10.2. The van der Waals surface area contributed by atoms with E-state index in [1.54, 1.807) is 7.11 Å². The third-order valence-electron chi connectivity index (χ3n) is 3.69. The topological polar surface area (TPSA) is 129 Å². The number of nitrogens with zero attached hydrogens (tertiary/aromatic N) is 6. The highest BCUT2D eigenvalue weighted by Gasteiger charge is 2.11. The van der Waals surface area contributed by atoms with Gasteiger partial charge in [0, 0.05) is 23.8 Å². The minimum absolute atomic E-state index is 0.0617.